The quantitative estimate of drug-likeness (QED) is 0.653. The van der Waals surface area contributed by atoms with Crippen LogP contribution in [0.25, 0.3) is 0 Å². The van der Waals surface area contributed by atoms with E-state index in [0.717, 1.165) is 22.8 Å². The van der Waals surface area contributed by atoms with Gasteiger partial charge in [-0.15, -0.1) is 18.2 Å². The smallest absolute Gasteiger partial charge is 0.125 e. The Hall–Kier alpha value is -1.73. The van der Waals surface area contributed by atoms with Crippen molar-refractivity contribution in [2.75, 3.05) is 19.3 Å². The van der Waals surface area contributed by atoms with E-state index in [1.165, 1.54) is 4.90 Å². The number of nitrogens with zero attached hydrogens (tertiary/aromatic N) is 2. The summed E-state index contributed by atoms with van der Waals surface area (Å²) in [6.45, 7) is 3.05. The molecule has 0 saturated carbocycles. The minimum absolute atomic E-state index is 0.478. The molecule has 0 aliphatic carbocycles. The molecule has 0 unspecified atom stereocenters. The largest absolute Gasteiger partial charge is 0.361 e. The van der Waals surface area contributed by atoms with Gasteiger partial charge in [0.1, 0.15) is 5.84 Å². The Balaban J connectivity index is 2.39. The number of fused-ring (bicyclic) bond motifs is 1. The summed E-state index contributed by atoms with van der Waals surface area (Å²) in [4.78, 5) is 10.3. The summed E-state index contributed by atoms with van der Waals surface area (Å²) in [7, 11) is 0. The normalized spacial score (nSPS) is 13.8. The Morgan fingerprint density at radius 1 is 1.50 bits per heavy atom. The van der Waals surface area contributed by atoms with Crippen molar-refractivity contribution in [2.45, 2.75) is 11.8 Å². The second kappa shape index (κ2) is 5.74. The highest BCUT2D eigenvalue weighted by molar-refractivity contribution is 7.98. The van der Waals surface area contributed by atoms with Gasteiger partial charge in [-0.2, -0.15) is 0 Å². The molecule has 2 rings (SSSR count). The van der Waals surface area contributed by atoms with Gasteiger partial charge in [0.2, 0.25) is 0 Å². The molecule has 0 fully saturated rings. The van der Waals surface area contributed by atoms with E-state index in [9.17, 15) is 0 Å². The molecular weight excluding hydrogens is 242 g/mol. The summed E-state index contributed by atoms with van der Waals surface area (Å²) < 4.78 is 0. The van der Waals surface area contributed by atoms with E-state index < -0.39 is 0 Å². The maximum atomic E-state index is 5.24. The van der Waals surface area contributed by atoms with Gasteiger partial charge in [0, 0.05) is 16.2 Å². The lowest BCUT2D eigenvalue weighted by atomic mass is 10.1. The van der Waals surface area contributed by atoms with Crippen LogP contribution < -0.4 is 5.32 Å². The zero-order chi connectivity index (χ0) is 13.0. The Kier molecular flexibility index (Phi) is 4.06. The molecule has 1 aliphatic heterocycles. The zero-order valence-corrected chi connectivity index (χ0v) is 11.3. The van der Waals surface area contributed by atoms with Gasteiger partial charge in [-0.1, -0.05) is 5.92 Å². The predicted molar refractivity (Wildman–Crippen MR) is 79.2 cm³/mol. The number of terminal acetylenes is 1. The second-order valence-electron chi connectivity index (χ2n) is 3.90. The molecule has 18 heavy (non-hydrogen) atoms. The van der Waals surface area contributed by atoms with Gasteiger partial charge in [-0.3, -0.25) is 4.99 Å². The zero-order valence-electron chi connectivity index (χ0n) is 10.5. The van der Waals surface area contributed by atoms with Gasteiger partial charge in [0.25, 0.3) is 0 Å². The fourth-order valence-corrected chi connectivity index (χ4v) is 2.18. The standard InChI is InChI=1S/C14H15N3S/c1-4-7-15-14-9-16-10(2)12-8-11(18-3)5-6-13(12)17-14/h1,5-6,8H,7,9H2,2-3H3,(H,15,17). The van der Waals surface area contributed by atoms with E-state index >= 15 is 0 Å². The monoisotopic (exact) mass is 257 g/mol. The maximum absolute atomic E-state index is 5.24. The fourth-order valence-electron chi connectivity index (χ4n) is 1.74. The van der Waals surface area contributed by atoms with Crippen LogP contribution in [0.15, 0.2) is 33.1 Å². The number of hydrogen-bond donors (Lipinski definition) is 1. The summed E-state index contributed by atoms with van der Waals surface area (Å²) >= 11 is 1.72. The SMILES string of the molecule is C#CCNC1=Nc2ccc(SC)cc2C(C)=NC1. The van der Waals surface area contributed by atoms with Crippen LogP contribution in [-0.2, 0) is 0 Å². The van der Waals surface area contributed by atoms with E-state index in [1.54, 1.807) is 11.8 Å². The van der Waals surface area contributed by atoms with Crippen LogP contribution >= 0.6 is 11.8 Å². The highest BCUT2D eigenvalue weighted by Crippen LogP contribution is 2.27. The van der Waals surface area contributed by atoms with Crippen LogP contribution in [0.3, 0.4) is 0 Å². The molecule has 1 N–H and O–H groups in total. The van der Waals surface area contributed by atoms with Gasteiger partial charge in [-0.25, -0.2) is 4.99 Å². The number of benzene rings is 1. The topological polar surface area (TPSA) is 36.8 Å². The Morgan fingerprint density at radius 2 is 2.33 bits per heavy atom. The number of hydrogen-bond acceptors (Lipinski definition) is 4. The van der Waals surface area contributed by atoms with E-state index in [1.807, 2.05) is 13.0 Å². The van der Waals surface area contributed by atoms with Crippen molar-refractivity contribution in [1.29, 1.82) is 0 Å². The molecule has 3 nitrogen and oxygen atoms in total. The van der Waals surface area contributed by atoms with Crippen LogP contribution in [-0.4, -0.2) is 30.9 Å². The molecule has 1 aromatic carbocycles. The first-order valence-corrected chi connectivity index (χ1v) is 6.91. The molecule has 0 saturated heterocycles. The summed E-state index contributed by atoms with van der Waals surface area (Å²) in [5, 5.41) is 3.10. The molecule has 0 atom stereocenters. The second-order valence-corrected chi connectivity index (χ2v) is 4.78. The minimum atomic E-state index is 0.478. The Bertz CT molecular complexity index is 553. The van der Waals surface area contributed by atoms with Gasteiger partial charge in [0.15, 0.2) is 0 Å². The molecule has 0 aromatic heterocycles. The summed E-state index contributed by atoms with van der Waals surface area (Å²) in [6, 6.07) is 6.24. The van der Waals surface area contributed by atoms with Crippen molar-refractivity contribution in [3.63, 3.8) is 0 Å². The van der Waals surface area contributed by atoms with Gasteiger partial charge in [0.05, 0.1) is 18.8 Å². The third-order valence-electron chi connectivity index (χ3n) is 2.71. The Morgan fingerprint density at radius 3 is 3.06 bits per heavy atom. The first kappa shape index (κ1) is 12.7. The average Bonchev–Trinajstić information content (AvgIpc) is 2.56. The van der Waals surface area contributed by atoms with Crippen molar-refractivity contribution < 1.29 is 0 Å². The number of rotatable bonds is 2. The molecule has 0 spiro atoms. The van der Waals surface area contributed by atoms with Crippen molar-refractivity contribution in [1.82, 2.24) is 5.32 Å². The fraction of sp³-hybridized carbons (Fsp3) is 0.286. The highest BCUT2D eigenvalue weighted by atomic mass is 32.2. The predicted octanol–water partition coefficient (Wildman–Crippen LogP) is 2.48. The van der Waals surface area contributed by atoms with E-state index in [-0.39, 0.29) is 0 Å². The molecule has 92 valence electrons. The number of amidine groups is 1. The van der Waals surface area contributed by atoms with E-state index in [0.29, 0.717) is 13.1 Å². The molecule has 0 bridgehead atoms. The summed E-state index contributed by atoms with van der Waals surface area (Å²) in [6.07, 6.45) is 7.30. The third-order valence-corrected chi connectivity index (χ3v) is 3.43. The number of thioether (sulfide) groups is 1. The maximum Gasteiger partial charge on any atom is 0.125 e. The van der Waals surface area contributed by atoms with Crippen molar-refractivity contribution in [3.05, 3.63) is 23.8 Å². The third kappa shape index (κ3) is 2.74. The van der Waals surface area contributed by atoms with Crippen molar-refractivity contribution in [2.24, 2.45) is 9.98 Å². The first-order chi connectivity index (χ1) is 8.74. The minimum Gasteiger partial charge on any atom is -0.361 e. The lowest BCUT2D eigenvalue weighted by Crippen LogP contribution is -2.25. The molecule has 0 radical (unpaired) electrons. The van der Waals surface area contributed by atoms with Gasteiger partial charge < -0.3 is 5.32 Å². The van der Waals surface area contributed by atoms with Crippen molar-refractivity contribution >= 4 is 29.0 Å². The van der Waals surface area contributed by atoms with Crippen LogP contribution in [0, 0.1) is 12.3 Å². The Labute approximate surface area is 112 Å². The van der Waals surface area contributed by atoms with Crippen LogP contribution in [0.2, 0.25) is 0 Å². The summed E-state index contributed by atoms with van der Waals surface area (Å²) in [5.74, 6) is 3.37. The van der Waals surface area contributed by atoms with Gasteiger partial charge in [-0.05, 0) is 31.4 Å². The molecule has 1 heterocycles. The molecule has 1 aromatic rings. The molecule has 0 amide bonds. The van der Waals surface area contributed by atoms with E-state index in [2.05, 4.69) is 39.6 Å². The average molecular weight is 257 g/mol. The molecule has 4 heteroatoms. The highest BCUT2D eigenvalue weighted by Gasteiger charge is 2.11. The molecule has 1 aliphatic rings. The van der Waals surface area contributed by atoms with Gasteiger partial charge >= 0.3 is 0 Å². The van der Waals surface area contributed by atoms with Crippen LogP contribution in [0.4, 0.5) is 5.69 Å². The van der Waals surface area contributed by atoms with Crippen LogP contribution in [0.1, 0.15) is 12.5 Å². The van der Waals surface area contributed by atoms with Crippen LogP contribution in [0.5, 0.6) is 0 Å². The lowest BCUT2D eigenvalue weighted by Gasteiger charge is -2.06. The number of aliphatic imine (C=N–C) groups is 2. The summed E-state index contributed by atoms with van der Waals surface area (Å²) in [5.41, 5.74) is 3.06. The number of nitrogens with one attached hydrogen (secondary N) is 1. The first-order valence-electron chi connectivity index (χ1n) is 5.69. The lowest BCUT2D eigenvalue weighted by molar-refractivity contribution is 1.03. The molecular formula is C14H15N3S. The van der Waals surface area contributed by atoms with E-state index in [4.69, 9.17) is 6.42 Å². The van der Waals surface area contributed by atoms with Crippen molar-refractivity contribution in [3.8, 4) is 12.3 Å².